The van der Waals surface area contributed by atoms with Crippen LogP contribution in [0.1, 0.15) is 27.2 Å². The lowest BCUT2D eigenvalue weighted by Gasteiger charge is -2.23. The van der Waals surface area contributed by atoms with E-state index in [1.807, 2.05) is 30.3 Å². The molecular formula is C23H22N4O4. The van der Waals surface area contributed by atoms with Crippen LogP contribution in [-0.4, -0.2) is 28.5 Å². The van der Waals surface area contributed by atoms with E-state index < -0.39 is 11.7 Å². The van der Waals surface area contributed by atoms with E-state index in [1.54, 1.807) is 39.0 Å². The molecule has 0 unspecified atom stereocenters. The van der Waals surface area contributed by atoms with Crippen LogP contribution >= 0.6 is 0 Å². The summed E-state index contributed by atoms with van der Waals surface area (Å²) in [6.45, 7) is 5.31. The largest absolute Gasteiger partial charge is 0.444 e. The molecule has 1 aromatic heterocycles. The number of carbonyl (C=O) groups excluding carboxylic acids is 3. The first kappa shape index (κ1) is 20.3. The summed E-state index contributed by atoms with van der Waals surface area (Å²) in [5.41, 5.74) is 0.982. The molecule has 0 spiro atoms. The average molecular weight is 418 g/mol. The van der Waals surface area contributed by atoms with Crippen LogP contribution in [0.5, 0.6) is 0 Å². The van der Waals surface area contributed by atoms with Crippen LogP contribution in [0, 0.1) is 0 Å². The third kappa shape index (κ3) is 4.32. The van der Waals surface area contributed by atoms with Gasteiger partial charge < -0.3 is 10.1 Å². The van der Waals surface area contributed by atoms with Gasteiger partial charge in [-0.2, -0.15) is 0 Å². The van der Waals surface area contributed by atoms with Gasteiger partial charge in [-0.05, 0) is 44.4 Å². The van der Waals surface area contributed by atoms with Gasteiger partial charge in [0.15, 0.2) is 0 Å². The van der Waals surface area contributed by atoms with Crippen molar-refractivity contribution in [1.82, 2.24) is 4.98 Å². The minimum absolute atomic E-state index is 0.285. The molecule has 0 bridgehead atoms. The first-order chi connectivity index (χ1) is 14.7. The zero-order valence-corrected chi connectivity index (χ0v) is 17.4. The van der Waals surface area contributed by atoms with Gasteiger partial charge in [0.2, 0.25) is 11.8 Å². The monoisotopic (exact) mass is 418 g/mol. The van der Waals surface area contributed by atoms with Gasteiger partial charge in [0, 0.05) is 5.39 Å². The summed E-state index contributed by atoms with van der Waals surface area (Å²) in [6.07, 6.45) is 0.561. The first-order valence-electron chi connectivity index (χ1n) is 9.82. The summed E-state index contributed by atoms with van der Waals surface area (Å²) in [6, 6.07) is 14.6. The molecule has 8 nitrogen and oxygen atoms in total. The van der Waals surface area contributed by atoms with E-state index in [2.05, 4.69) is 15.6 Å². The molecule has 31 heavy (non-hydrogen) atoms. The molecule has 0 aliphatic carbocycles. The molecule has 8 heteroatoms. The first-order valence-corrected chi connectivity index (χ1v) is 9.82. The number of nitrogens with zero attached hydrogens (tertiary/aromatic N) is 2. The zero-order chi connectivity index (χ0) is 22.2. The highest BCUT2D eigenvalue weighted by atomic mass is 16.6. The third-order valence-corrected chi connectivity index (χ3v) is 4.61. The molecule has 0 saturated carbocycles. The number of amides is 3. The van der Waals surface area contributed by atoms with Crippen molar-refractivity contribution in [2.24, 2.45) is 0 Å². The Morgan fingerprint density at radius 3 is 2.58 bits per heavy atom. The van der Waals surface area contributed by atoms with Crippen LogP contribution in [0.25, 0.3) is 10.8 Å². The SMILES string of the molecule is CC(C)(C)OC(=O)Nc1ccc(N2C(=O)CC(=O)Nc3c2ccc2ccccc32)cn1. The topological polar surface area (TPSA) is 101 Å². The summed E-state index contributed by atoms with van der Waals surface area (Å²) in [7, 11) is 0. The molecule has 1 aliphatic rings. The number of fused-ring (bicyclic) bond motifs is 3. The van der Waals surface area contributed by atoms with Crippen LogP contribution in [0.2, 0.25) is 0 Å². The second-order valence-corrected chi connectivity index (χ2v) is 8.16. The molecule has 0 radical (unpaired) electrons. The molecule has 0 saturated heterocycles. The fourth-order valence-corrected chi connectivity index (χ4v) is 3.40. The fraction of sp³-hybridized carbons (Fsp3) is 0.217. The van der Waals surface area contributed by atoms with E-state index in [9.17, 15) is 14.4 Å². The van der Waals surface area contributed by atoms with Crippen molar-refractivity contribution in [3.63, 3.8) is 0 Å². The standard InChI is InChI=1S/C23H22N4O4/c1-23(2,3)31-22(30)25-18-11-9-15(13-24-18)27-17-10-8-14-6-4-5-7-16(14)21(17)26-19(28)12-20(27)29/h4-11,13H,12H2,1-3H3,(H,26,28)(H,24,25,30). The van der Waals surface area contributed by atoms with Crippen molar-refractivity contribution in [1.29, 1.82) is 0 Å². The van der Waals surface area contributed by atoms with Crippen molar-refractivity contribution >= 4 is 51.6 Å². The van der Waals surface area contributed by atoms with Crippen LogP contribution in [0.4, 0.5) is 27.7 Å². The predicted molar refractivity (Wildman–Crippen MR) is 118 cm³/mol. The molecule has 2 aromatic carbocycles. The van der Waals surface area contributed by atoms with Crippen molar-refractivity contribution in [2.75, 3.05) is 15.5 Å². The van der Waals surface area contributed by atoms with E-state index in [4.69, 9.17) is 4.74 Å². The Labute approximate surface area is 179 Å². The van der Waals surface area contributed by atoms with E-state index in [-0.39, 0.29) is 24.1 Å². The molecule has 3 amide bonds. The summed E-state index contributed by atoms with van der Waals surface area (Å²) in [4.78, 5) is 42.9. The highest BCUT2D eigenvalue weighted by molar-refractivity contribution is 6.21. The van der Waals surface area contributed by atoms with Crippen molar-refractivity contribution < 1.29 is 19.1 Å². The van der Waals surface area contributed by atoms with Crippen molar-refractivity contribution in [3.05, 3.63) is 54.7 Å². The fourth-order valence-electron chi connectivity index (χ4n) is 3.40. The van der Waals surface area contributed by atoms with Crippen molar-refractivity contribution in [3.8, 4) is 0 Å². The Balaban J connectivity index is 1.69. The van der Waals surface area contributed by atoms with Gasteiger partial charge in [-0.3, -0.25) is 19.8 Å². The van der Waals surface area contributed by atoms with E-state index in [0.29, 0.717) is 17.1 Å². The minimum Gasteiger partial charge on any atom is -0.444 e. The predicted octanol–water partition coefficient (Wildman–Crippen LogP) is 4.59. The van der Waals surface area contributed by atoms with Gasteiger partial charge >= 0.3 is 6.09 Å². The van der Waals surface area contributed by atoms with Gasteiger partial charge in [-0.25, -0.2) is 9.78 Å². The smallest absolute Gasteiger partial charge is 0.413 e. The number of rotatable bonds is 2. The van der Waals surface area contributed by atoms with Crippen LogP contribution in [-0.2, 0) is 14.3 Å². The van der Waals surface area contributed by atoms with Gasteiger partial charge in [0.25, 0.3) is 0 Å². The second kappa shape index (κ2) is 7.71. The molecule has 4 rings (SSSR count). The van der Waals surface area contributed by atoms with Crippen LogP contribution in [0.3, 0.4) is 0 Å². The number of anilines is 4. The van der Waals surface area contributed by atoms with Crippen molar-refractivity contribution in [2.45, 2.75) is 32.8 Å². The lowest BCUT2D eigenvalue weighted by Crippen LogP contribution is -2.28. The third-order valence-electron chi connectivity index (χ3n) is 4.61. The maximum Gasteiger partial charge on any atom is 0.413 e. The lowest BCUT2D eigenvalue weighted by atomic mass is 10.1. The number of nitrogens with one attached hydrogen (secondary N) is 2. The summed E-state index contributed by atoms with van der Waals surface area (Å²) >= 11 is 0. The highest BCUT2D eigenvalue weighted by Gasteiger charge is 2.29. The Bertz CT molecular complexity index is 1180. The molecule has 1 aliphatic heterocycles. The summed E-state index contributed by atoms with van der Waals surface area (Å²) in [5.74, 6) is -0.462. The lowest BCUT2D eigenvalue weighted by molar-refractivity contribution is -0.124. The second-order valence-electron chi connectivity index (χ2n) is 8.16. The number of ether oxygens (including phenoxy) is 1. The maximum atomic E-state index is 12.9. The Morgan fingerprint density at radius 2 is 1.87 bits per heavy atom. The summed E-state index contributed by atoms with van der Waals surface area (Å²) in [5, 5.41) is 7.21. The van der Waals surface area contributed by atoms with E-state index in [0.717, 1.165) is 10.8 Å². The maximum absolute atomic E-state index is 12.9. The average Bonchev–Trinajstić information content (AvgIpc) is 2.82. The number of aromatic nitrogens is 1. The number of hydrogen-bond donors (Lipinski definition) is 2. The van der Waals surface area contributed by atoms with E-state index >= 15 is 0 Å². The molecule has 0 fully saturated rings. The van der Waals surface area contributed by atoms with Gasteiger partial charge in [-0.1, -0.05) is 30.3 Å². The molecule has 2 N–H and O–H groups in total. The molecule has 158 valence electrons. The Hall–Kier alpha value is -3.94. The molecular weight excluding hydrogens is 396 g/mol. The molecule has 3 aromatic rings. The minimum atomic E-state index is -0.630. The number of carbonyl (C=O) groups is 3. The highest BCUT2D eigenvalue weighted by Crippen LogP contribution is 2.39. The Kier molecular flexibility index (Phi) is 5.06. The van der Waals surface area contributed by atoms with Gasteiger partial charge in [0.05, 0.1) is 23.3 Å². The molecule has 0 atom stereocenters. The molecule has 2 heterocycles. The van der Waals surface area contributed by atoms with Gasteiger partial charge in [-0.15, -0.1) is 0 Å². The zero-order valence-electron chi connectivity index (χ0n) is 17.4. The van der Waals surface area contributed by atoms with E-state index in [1.165, 1.54) is 11.1 Å². The Morgan fingerprint density at radius 1 is 1.10 bits per heavy atom. The normalized spacial score (nSPS) is 14.0. The number of benzene rings is 2. The summed E-state index contributed by atoms with van der Waals surface area (Å²) < 4.78 is 5.22. The van der Waals surface area contributed by atoms with Crippen LogP contribution in [0.15, 0.2) is 54.7 Å². The number of hydrogen-bond acceptors (Lipinski definition) is 5. The van der Waals surface area contributed by atoms with Gasteiger partial charge in [0.1, 0.15) is 17.8 Å². The van der Waals surface area contributed by atoms with Crippen LogP contribution < -0.4 is 15.5 Å². The number of pyridine rings is 1. The quantitative estimate of drug-likeness (QED) is 0.593.